The molecular formula is C22H26N2O4. The van der Waals surface area contributed by atoms with Crippen LogP contribution in [0, 0.1) is 0 Å². The highest BCUT2D eigenvalue weighted by molar-refractivity contribution is 6.14. The third-order valence-corrected chi connectivity index (χ3v) is 5.59. The molecule has 4 rings (SSSR count). The summed E-state index contributed by atoms with van der Waals surface area (Å²) < 4.78 is 16.6. The highest BCUT2D eigenvalue weighted by atomic mass is 16.5. The molecule has 2 aromatic rings. The van der Waals surface area contributed by atoms with Crippen LogP contribution in [0.3, 0.4) is 0 Å². The van der Waals surface area contributed by atoms with Crippen LogP contribution < -0.4 is 14.2 Å². The van der Waals surface area contributed by atoms with Gasteiger partial charge in [-0.3, -0.25) is 4.99 Å². The number of hydrogen-bond acceptors (Lipinski definition) is 6. The number of aliphatic hydroxyl groups is 1. The number of nitrogens with zero attached hydrogens (tertiary/aromatic N) is 2. The fraction of sp³-hybridized carbons (Fsp3) is 0.455. The second-order valence-electron chi connectivity index (χ2n) is 7.23. The van der Waals surface area contributed by atoms with E-state index >= 15 is 0 Å². The summed E-state index contributed by atoms with van der Waals surface area (Å²) in [5, 5.41) is 10.3. The molecule has 1 aliphatic carbocycles. The van der Waals surface area contributed by atoms with Crippen LogP contribution >= 0.6 is 0 Å². The van der Waals surface area contributed by atoms with Crippen molar-refractivity contribution >= 4 is 5.71 Å². The lowest BCUT2D eigenvalue weighted by molar-refractivity contribution is 0.111. The quantitative estimate of drug-likeness (QED) is 0.859. The minimum atomic E-state index is -0.286. The Kier molecular flexibility index (Phi) is 5.22. The maximum atomic E-state index is 10.3. The molecule has 0 radical (unpaired) electrons. The molecule has 0 spiro atoms. The predicted molar refractivity (Wildman–Crippen MR) is 107 cm³/mol. The van der Waals surface area contributed by atoms with Gasteiger partial charge in [0.05, 0.1) is 38.7 Å². The number of hydrogen-bond donors (Lipinski definition) is 1. The van der Waals surface area contributed by atoms with Crippen molar-refractivity contribution in [2.75, 3.05) is 20.8 Å². The molecule has 6 heteroatoms. The van der Waals surface area contributed by atoms with E-state index in [-0.39, 0.29) is 18.1 Å². The molecule has 0 amide bonds. The summed E-state index contributed by atoms with van der Waals surface area (Å²) in [6.07, 6.45) is 3.87. The van der Waals surface area contributed by atoms with E-state index in [1.165, 1.54) is 0 Å². The Bertz CT molecular complexity index is 879. The lowest BCUT2D eigenvalue weighted by Gasteiger charge is -2.37. The largest absolute Gasteiger partial charge is 0.493 e. The standard InChI is InChI=1S/C22H26N2O4/c1-4-28-20-10-15-16-9-14(25)6-7-18(16)24-22(17(15)11-19(20)26-2)13-5-8-21(27-3)23-12-13/h5,8,10-12,14,16,18,25H,4,6-7,9H2,1-3H3. The van der Waals surface area contributed by atoms with Gasteiger partial charge in [0.1, 0.15) is 0 Å². The van der Waals surface area contributed by atoms with Gasteiger partial charge in [-0.2, -0.15) is 0 Å². The molecule has 1 N–H and O–H groups in total. The van der Waals surface area contributed by atoms with Crippen molar-refractivity contribution in [2.45, 2.75) is 44.2 Å². The average molecular weight is 382 g/mol. The predicted octanol–water partition coefficient (Wildman–Crippen LogP) is 3.35. The molecule has 28 heavy (non-hydrogen) atoms. The number of benzene rings is 1. The van der Waals surface area contributed by atoms with E-state index in [9.17, 15) is 5.11 Å². The van der Waals surface area contributed by atoms with E-state index in [4.69, 9.17) is 19.2 Å². The van der Waals surface area contributed by atoms with Crippen LogP contribution in [0.5, 0.6) is 17.4 Å². The number of fused-ring (bicyclic) bond motifs is 3. The molecular weight excluding hydrogens is 356 g/mol. The molecule has 148 valence electrons. The second-order valence-corrected chi connectivity index (χ2v) is 7.23. The number of aromatic nitrogens is 1. The summed E-state index contributed by atoms with van der Waals surface area (Å²) in [6, 6.07) is 8.05. The molecule has 1 aliphatic heterocycles. The first-order valence-electron chi connectivity index (χ1n) is 9.76. The van der Waals surface area contributed by atoms with Gasteiger partial charge in [0.15, 0.2) is 11.5 Å². The lowest BCUT2D eigenvalue weighted by Crippen LogP contribution is -2.34. The fourth-order valence-electron chi connectivity index (χ4n) is 4.24. The number of aliphatic hydroxyl groups excluding tert-OH is 1. The van der Waals surface area contributed by atoms with Gasteiger partial charge in [-0.05, 0) is 49.9 Å². The monoisotopic (exact) mass is 382 g/mol. The van der Waals surface area contributed by atoms with Crippen LogP contribution in [-0.2, 0) is 0 Å². The van der Waals surface area contributed by atoms with Crippen LogP contribution in [0.1, 0.15) is 48.8 Å². The van der Waals surface area contributed by atoms with Gasteiger partial charge in [-0.25, -0.2) is 4.98 Å². The Morgan fingerprint density at radius 3 is 2.64 bits per heavy atom. The number of pyridine rings is 1. The molecule has 6 nitrogen and oxygen atoms in total. The Balaban J connectivity index is 1.85. The molecule has 1 aromatic carbocycles. The molecule has 2 heterocycles. The number of methoxy groups -OCH3 is 2. The van der Waals surface area contributed by atoms with E-state index in [1.807, 2.05) is 25.1 Å². The molecule has 1 aromatic heterocycles. The van der Waals surface area contributed by atoms with Crippen molar-refractivity contribution in [3.8, 4) is 17.4 Å². The Morgan fingerprint density at radius 1 is 1.11 bits per heavy atom. The Hall–Kier alpha value is -2.60. The first-order chi connectivity index (χ1) is 13.6. The van der Waals surface area contributed by atoms with Gasteiger partial charge < -0.3 is 19.3 Å². The van der Waals surface area contributed by atoms with Crippen molar-refractivity contribution in [3.05, 3.63) is 47.2 Å². The van der Waals surface area contributed by atoms with Crippen LogP contribution in [0.4, 0.5) is 0 Å². The molecule has 1 saturated carbocycles. The van der Waals surface area contributed by atoms with Gasteiger partial charge in [0.2, 0.25) is 5.88 Å². The van der Waals surface area contributed by atoms with Crippen molar-refractivity contribution in [1.29, 1.82) is 0 Å². The van der Waals surface area contributed by atoms with E-state index in [1.54, 1.807) is 20.4 Å². The normalized spacial score (nSPS) is 23.3. The maximum Gasteiger partial charge on any atom is 0.212 e. The first-order valence-corrected chi connectivity index (χ1v) is 9.76. The Morgan fingerprint density at radius 2 is 1.96 bits per heavy atom. The van der Waals surface area contributed by atoms with Gasteiger partial charge in [0.25, 0.3) is 0 Å². The maximum absolute atomic E-state index is 10.3. The topological polar surface area (TPSA) is 73.2 Å². The van der Waals surface area contributed by atoms with E-state index in [0.717, 1.165) is 41.0 Å². The van der Waals surface area contributed by atoms with Gasteiger partial charge in [-0.1, -0.05) is 0 Å². The van der Waals surface area contributed by atoms with Crippen molar-refractivity contribution < 1.29 is 19.3 Å². The van der Waals surface area contributed by atoms with Crippen LogP contribution in [0.15, 0.2) is 35.5 Å². The summed E-state index contributed by atoms with van der Waals surface area (Å²) in [7, 11) is 3.25. The molecule has 2 aliphatic rings. The number of rotatable bonds is 5. The van der Waals surface area contributed by atoms with E-state index < -0.39 is 0 Å². The van der Waals surface area contributed by atoms with E-state index in [0.29, 0.717) is 24.7 Å². The minimum absolute atomic E-state index is 0.149. The summed E-state index contributed by atoms with van der Waals surface area (Å²) in [5.74, 6) is 2.17. The van der Waals surface area contributed by atoms with Crippen LogP contribution in [0.25, 0.3) is 0 Å². The van der Waals surface area contributed by atoms with Gasteiger partial charge in [0, 0.05) is 29.3 Å². The summed E-state index contributed by atoms with van der Waals surface area (Å²) in [6.45, 7) is 2.52. The van der Waals surface area contributed by atoms with Gasteiger partial charge in [-0.15, -0.1) is 0 Å². The molecule has 3 unspecified atom stereocenters. The van der Waals surface area contributed by atoms with Crippen molar-refractivity contribution in [1.82, 2.24) is 4.98 Å². The zero-order valence-electron chi connectivity index (χ0n) is 16.5. The third-order valence-electron chi connectivity index (χ3n) is 5.59. The third kappa shape index (κ3) is 3.33. The first kappa shape index (κ1) is 18.7. The Labute approximate surface area is 165 Å². The van der Waals surface area contributed by atoms with Crippen molar-refractivity contribution in [3.63, 3.8) is 0 Å². The fourth-order valence-corrected chi connectivity index (χ4v) is 4.24. The minimum Gasteiger partial charge on any atom is -0.493 e. The average Bonchev–Trinajstić information content (AvgIpc) is 2.73. The summed E-state index contributed by atoms with van der Waals surface area (Å²) in [4.78, 5) is 9.44. The zero-order chi connectivity index (χ0) is 19.7. The summed E-state index contributed by atoms with van der Waals surface area (Å²) in [5.41, 5.74) is 4.03. The molecule has 3 atom stereocenters. The lowest BCUT2D eigenvalue weighted by atomic mass is 9.74. The van der Waals surface area contributed by atoms with Crippen molar-refractivity contribution in [2.24, 2.45) is 4.99 Å². The zero-order valence-corrected chi connectivity index (χ0v) is 16.5. The summed E-state index contributed by atoms with van der Waals surface area (Å²) >= 11 is 0. The molecule has 1 fully saturated rings. The molecule has 0 saturated heterocycles. The highest BCUT2D eigenvalue weighted by Gasteiger charge is 2.37. The SMILES string of the molecule is CCOc1cc2c(cc1OC)C(c1ccc(OC)nc1)=NC1CCC(O)CC21. The van der Waals surface area contributed by atoms with E-state index in [2.05, 4.69) is 11.1 Å². The molecule has 0 bridgehead atoms. The number of aliphatic imine (C=N–C) groups is 1. The second kappa shape index (κ2) is 7.80. The highest BCUT2D eigenvalue weighted by Crippen LogP contribution is 2.44. The van der Waals surface area contributed by atoms with Gasteiger partial charge >= 0.3 is 0 Å². The van der Waals surface area contributed by atoms with Crippen LogP contribution in [0.2, 0.25) is 0 Å². The number of ether oxygens (including phenoxy) is 3. The smallest absolute Gasteiger partial charge is 0.212 e. The van der Waals surface area contributed by atoms with Crippen LogP contribution in [-0.4, -0.2) is 48.8 Å².